The van der Waals surface area contributed by atoms with Crippen molar-refractivity contribution in [3.63, 3.8) is 0 Å². The Morgan fingerprint density at radius 2 is 1.75 bits per heavy atom. The van der Waals surface area contributed by atoms with Crippen LogP contribution < -0.4 is 14.2 Å². The van der Waals surface area contributed by atoms with Gasteiger partial charge in [0, 0.05) is 22.8 Å². The maximum absolute atomic E-state index is 13.5. The zero-order valence-electron chi connectivity index (χ0n) is 24.4. The number of carbonyl (C=O) groups is 3. The van der Waals surface area contributed by atoms with Crippen molar-refractivity contribution in [1.29, 1.82) is 0 Å². The van der Waals surface area contributed by atoms with Gasteiger partial charge in [0.2, 0.25) is 5.75 Å². The van der Waals surface area contributed by atoms with Crippen molar-refractivity contribution in [2.75, 3.05) is 0 Å². The smallest absolute Gasteiger partial charge is 0.491 e. The second-order valence-electron chi connectivity index (χ2n) is 10.0. The molecule has 2 aromatic carbocycles. The van der Waals surface area contributed by atoms with Crippen LogP contribution in [0.5, 0.6) is 28.7 Å². The van der Waals surface area contributed by atoms with Gasteiger partial charge in [0.25, 0.3) is 0 Å². The summed E-state index contributed by atoms with van der Waals surface area (Å²) < 4.78 is 62.1. The summed E-state index contributed by atoms with van der Waals surface area (Å²) in [4.78, 5) is 37.4. The van der Waals surface area contributed by atoms with E-state index in [1.165, 1.54) is 0 Å². The van der Waals surface area contributed by atoms with Gasteiger partial charge in [-0.05, 0) is 44.7 Å². The number of aromatic hydroxyl groups is 1. The minimum atomic E-state index is -5.26. The van der Waals surface area contributed by atoms with Crippen LogP contribution in [-0.2, 0) is 37.6 Å². The highest BCUT2D eigenvalue weighted by Crippen LogP contribution is 2.63. The highest BCUT2D eigenvalue weighted by atomic mass is 19.4. The van der Waals surface area contributed by atoms with E-state index in [9.17, 15) is 32.7 Å². The molecule has 44 heavy (non-hydrogen) atoms. The van der Waals surface area contributed by atoms with E-state index in [-0.39, 0.29) is 46.8 Å². The Labute approximate surface area is 251 Å². The zero-order valence-corrected chi connectivity index (χ0v) is 24.4. The highest BCUT2D eigenvalue weighted by molar-refractivity contribution is 5.99. The molecule has 0 saturated heterocycles. The molecule has 3 aliphatic heterocycles. The second kappa shape index (κ2) is 11.4. The number of ether oxygens (including phenoxy) is 4. The molecule has 1 N–H and O–H groups in total. The van der Waals surface area contributed by atoms with Crippen molar-refractivity contribution in [3.05, 3.63) is 81.5 Å². The SMILES string of the molecule is C/C=C\C1=C(/C=C\C)C2(OC1=O)c1cc3c(c(O)c1Oc1cc(OC(=O)C(F)(F)F)c4c(c12)CCC=C4)OC(=O)CC3.CC. The minimum absolute atomic E-state index is 0.0605. The van der Waals surface area contributed by atoms with Crippen LogP contribution in [0.2, 0.25) is 0 Å². The van der Waals surface area contributed by atoms with E-state index in [0.717, 1.165) is 6.07 Å². The lowest BCUT2D eigenvalue weighted by atomic mass is 9.72. The molecule has 0 aromatic heterocycles. The third-order valence-electron chi connectivity index (χ3n) is 7.53. The molecule has 230 valence electrons. The molecule has 4 aliphatic rings. The summed E-state index contributed by atoms with van der Waals surface area (Å²) in [6, 6.07) is 2.76. The Morgan fingerprint density at radius 3 is 2.43 bits per heavy atom. The van der Waals surface area contributed by atoms with Gasteiger partial charge in [-0.15, -0.1) is 0 Å². The fourth-order valence-electron chi connectivity index (χ4n) is 5.91. The summed E-state index contributed by atoms with van der Waals surface area (Å²) >= 11 is 0. The molecule has 11 heteroatoms. The third kappa shape index (κ3) is 4.67. The molecule has 0 bridgehead atoms. The molecule has 6 rings (SSSR count). The van der Waals surface area contributed by atoms with Crippen LogP contribution in [0.25, 0.3) is 6.08 Å². The first-order chi connectivity index (χ1) is 21.0. The first-order valence-electron chi connectivity index (χ1n) is 14.2. The lowest BCUT2D eigenvalue weighted by Crippen LogP contribution is -2.36. The van der Waals surface area contributed by atoms with E-state index < -0.39 is 41.2 Å². The maximum Gasteiger partial charge on any atom is 0.491 e. The molecule has 8 nitrogen and oxygen atoms in total. The summed E-state index contributed by atoms with van der Waals surface area (Å²) in [5.74, 6) is -5.05. The molecule has 0 amide bonds. The van der Waals surface area contributed by atoms with Crippen LogP contribution in [0.3, 0.4) is 0 Å². The molecule has 2 aromatic rings. The highest BCUT2D eigenvalue weighted by Gasteiger charge is 2.57. The predicted molar refractivity (Wildman–Crippen MR) is 152 cm³/mol. The Kier molecular flexibility index (Phi) is 7.92. The van der Waals surface area contributed by atoms with E-state index in [0.29, 0.717) is 35.1 Å². The maximum atomic E-state index is 13.5. The number of phenols is 1. The minimum Gasteiger partial charge on any atom is -0.502 e. The van der Waals surface area contributed by atoms with Gasteiger partial charge in [-0.1, -0.05) is 50.3 Å². The van der Waals surface area contributed by atoms with Gasteiger partial charge in [0.15, 0.2) is 17.1 Å². The summed E-state index contributed by atoms with van der Waals surface area (Å²) in [5.41, 5.74) is 0.639. The topological polar surface area (TPSA) is 108 Å². The van der Waals surface area contributed by atoms with E-state index >= 15 is 0 Å². The van der Waals surface area contributed by atoms with Gasteiger partial charge in [0.05, 0.1) is 23.1 Å². The fourth-order valence-corrected chi connectivity index (χ4v) is 5.91. The Balaban J connectivity index is 0.00000188. The number of fused-ring (bicyclic) bond motifs is 7. The molecule has 0 radical (unpaired) electrons. The normalized spacial score (nSPS) is 19.9. The first kappa shape index (κ1) is 30.7. The molecule has 1 atom stereocenters. The standard InChI is InChI=1S/C31H23F3O8.C2H6/c1-3-7-18-19(8-4-2)30(42-28(18)37)20-13-15-11-12-23(35)41-26(15)25(36)27(20)39-22-14-21(40-29(38)31(32,33)34)16-9-5-6-10-17(16)24(22)30;1-2/h3-5,7-9,13-14,36H,6,10-12H2,1-2H3;1-2H3/b7-3-,8-4-;. The fraction of sp³-hybridized carbons (Fsp3) is 0.303. The molecule has 0 saturated carbocycles. The average molecular weight is 611 g/mol. The summed E-state index contributed by atoms with van der Waals surface area (Å²) in [6.45, 7) is 7.48. The molecule has 3 heterocycles. The number of hydrogen-bond donors (Lipinski definition) is 1. The molecule has 1 unspecified atom stereocenters. The number of allylic oxidation sites excluding steroid dienone is 3. The molecule has 0 fully saturated rings. The van der Waals surface area contributed by atoms with Crippen LogP contribution in [-0.4, -0.2) is 29.2 Å². The molecular formula is C33H29F3O8. The Bertz CT molecular complexity index is 1710. The van der Waals surface area contributed by atoms with Gasteiger partial charge in [-0.3, -0.25) is 4.79 Å². The lowest BCUT2D eigenvalue weighted by Gasteiger charge is -2.40. The van der Waals surface area contributed by atoms with Crippen molar-refractivity contribution >= 4 is 24.0 Å². The Morgan fingerprint density at radius 1 is 1.02 bits per heavy atom. The predicted octanol–water partition coefficient (Wildman–Crippen LogP) is 7.05. The second-order valence-corrected chi connectivity index (χ2v) is 10.0. The third-order valence-corrected chi connectivity index (χ3v) is 7.53. The summed E-state index contributed by atoms with van der Waals surface area (Å²) in [6.07, 6.45) is 5.76. The van der Waals surface area contributed by atoms with Crippen molar-refractivity contribution in [3.8, 4) is 28.7 Å². The number of phenolic OH excluding ortho intramolecular Hbond substituents is 1. The quantitative estimate of drug-likeness (QED) is 0.291. The van der Waals surface area contributed by atoms with Crippen LogP contribution in [0.1, 0.15) is 68.4 Å². The van der Waals surface area contributed by atoms with E-state index in [4.69, 9.17) is 18.9 Å². The largest absolute Gasteiger partial charge is 0.502 e. The van der Waals surface area contributed by atoms with Gasteiger partial charge in [-0.2, -0.15) is 13.2 Å². The summed E-state index contributed by atoms with van der Waals surface area (Å²) in [5, 5.41) is 11.3. The first-order valence-corrected chi connectivity index (χ1v) is 14.2. The average Bonchev–Trinajstić information content (AvgIpc) is 3.26. The number of aryl methyl sites for hydroxylation is 1. The van der Waals surface area contributed by atoms with Crippen molar-refractivity contribution < 1.29 is 51.6 Å². The van der Waals surface area contributed by atoms with Crippen molar-refractivity contribution in [2.45, 2.75) is 65.2 Å². The van der Waals surface area contributed by atoms with E-state index in [2.05, 4.69) is 0 Å². The zero-order chi connectivity index (χ0) is 32.0. The van der Waals surface area contributed by atoms with Gasteiger partial charge in [0.1, 0.15) is 11.5 Å². The Hall–Kier alpha value is -4.80. The van der Waals surface area contributed by atoms with Crippen LogP contribution in [0.15, 0.2) is 53.7 Å². The molecular weight excluding hydrogens is 581 g/mol. The van der Waals surface area contributed by atoms with Gasteiger partial charge in [-0.25, -0.2) is 9.59 Å². The lowest BCUT2D eigenvalue weighted by molar-refractivity contribution is -0.189. The van der Waals surface area contributed by atoms with Crippen LogP contribution >= 0.6 is 0 Å². The number of benzene rings is 2. The van der Waals surface area contributed by atoms with Crippen LogP contribution in [0, 0.1) is 0 Å². The van der Waals surface area contributed by atoms with Gasteiger partial charge < -0.3 is 24.1 Å². The number of halogens is 3. The van der Waals surface area contributed by atoms with Crippen LogP contribution in [0.4, 0.5) is 13.2 Å². The summed E-state index contributed by atoms with van der Waals surface area (Å²) in [7, 11) is 0. The van der Waals surface area contributed by atoms with E-state index in [1.807, 2.05) is 13.8 Å². The monoisotopic (exact) mass is 610 g/mol. The van der Waals surface area contributed by atoms with Gasteiger partial charge >= 0.3 is 24.1 Å². The number of hydrogen-bond acceptors (Lipinski definition) is 8. The van der Waals surface area contributed by atoms with Crippen molar-refractivity contribution in [2.24, 2.45) is 0 Å². The van der Waals surface area contributed by atoms with E-state index in [1.54, 1.807) is 56.4 Å². The number of alkyl halides is 3. The van der Waals surface area contributed by atoms with Crippen molar-refractivity contribution in [1.82, 2.24) is 0 Å². The number of carbonyl (C=O) groups excluding carboxylic acids is 3. The molecule has 1 spiro atoms. The number of esters is 3. The molecule has 1 aliphatic carbocycles. The number of rotatable bonds is 3.